The number of alkyl carbamates (subject to hydrolysis) is 1. The summed E-state index contributed by atoms with van der Waals surface area (Å²) < 4.78 is 12.4. The number of nitrogens with one attached hydrogen (secondary N) is 1. The summed E-state index contributed by atoms with van der Waals surface area (Å²) in [6, 6.07) is 39.4. The van der Waals surface area contributed by atoms with Gasteiger partial charge in [-0.2, -0.15) is 0 Å². The molecule has 1 heterocycles. The van der Waals surface area contributed by atoms with Crippen LogP contribution in [0.5, 0.6) is 0 Å². The van der Waals surface area contributed by atoms with Gasteiger partial charge in [0.2, 0.25) is 5.91 Å². The molecule has 2 amide bonds. The van der Waals surface area contributed by atoms with Crippen molar-refractivity contribution in [1.82, 2.24) is 10.2 Å². The second-order valence-electron chi connectivity index (χ2n) is 13.1. The molecular weight excluding hydrogens is 660 g/mol. The third-order valence-corrected chi connectivity index (χ3v) is 10.2. The largest absolute Gasteiger partial charge is 0.449 e. The number of hydrogen-bond acceptors (Lipinski definition) is 5. The molecular formula is C43H39ClN2O5. The van der Waals surface area contributed by atoms with Gasteiger partial charge in [-0.05, 0) is 48.1 Å². The number of likely N-dealkylation sites (tertiary alicyclic amines) is 1. The summed E-state index contributed by atoms with van der Waals surface area (Å²) in [5.41, 5.74) is 5.91. The van der Waals surface area contributed by atoms with Gasteiger partial charge >= 0.3 is 12.1 Å². The third-order valence-electron chi connectivity index (χ3n) is 9.88. The highest BCUT2D eigenvalue weighted by atomic mass is 35.5. The van der Waals surface area contributed by atoms with E-state index in [1.165, 1.54) is 0 Å². The molecule has 1 N–H and O–H groups in total. The number of esters is 1. The monoisotopic (exact) mass is 698 g/mol. The number of aryl methyl sites for hydroxylation is 1. The molecule has 7 nitrogen and oxygen atoms in total. The lowest BCUT2D eigenvalue weighted by atomic mass is 9.79. The highest BCUT2D eigenvalue weighted by Crippen LogP contribution is 2.45. The summed E-state index contributed by atoms with van der Waals surface area (Å²) in [7, 11) is 0. The van der Waals surface area contributed by atoms with Crippen molar-refractivity contribution < 1.29 is 23.9 Å². The average Bonchev–Trinajstić information content (AvgIpc) is 3.81. The van der Waals surface area contributed by atoms with Crippen LogP contribution < -0.4 is 5.32 Å². The van der Waals surface area contributed by atoms with E-state index >= 15 is 0 Å². The van der Waals surface area contributed by atoms with Gasteiger partial charge < -0.3 is 19.7 Å². The Morgan fingerprint density at radius 3 is 1.98 bits per heavy atom. The standard InChI is InChI=1S/C43H39ClN2O5/c1-29-21-23-31(24-22-29)43(30-13-3-2-4-14-30,37-19-9-10-20-38(37)44)51-40(47)27-39(41(48)46-25-11-12-26-46)45-42(49)50-28-36-34-17-7-5-15-32(34)33-16-6-8-18-35(33)36/h2-10,13-24,36,39H,11-12,25-28H2,1H3,(H,45,49)/t39-,43?/m0/s1. The van der Waals surface area contributed by atoms with E-state index in [0.29, 0.717) is 34.8 Å². The SMILES string of the molecule is Cc1ccc(C(OC(=O)C[C@H](NC(=O)OCC2c3ccccc3-c3ccccc32)C(=O)N2CCCC2)(c2ccccc2)c2ccccc2Cl)cc1. The molecule has 0 spiro atoms. The summed E-state index contributed by atoms with van der Waals surface area (Å²) in [6.45, 7) is 3.16. The number of amides is 2. The highest BCUT2D eigenvalue weighted by Gasteiger charge is 2.43. The Bertz CT molecular complexity index is 2000. The Morgan fingerprint density at radius 2 is 1.33 bits per heavy atom. The van der Waals surface area contributed by atoms with Crippen LogP contribution in [0.15, 0.2) is 127 Å². The molecule has 5 aromatic carbocycles. The molecule has 258 valence electrons. The summed E-state index contributed by atoms with van der Waals surface area (Å²) in [4.78, 5) is 43.3. The van der Waals surface area contributed by atoms with Gasteiger partial charge in [-0.3, -0.25) is 9.59 Å². The van der Waals surface area contributed by atoms with Gasteiger partial charge in [0.05, 0.1) is 6.42 Å². The van der Waals surface area contributed by atoms with Gasteiger partial charge in [-0.15, -0.1) is 0 Å². The molecule has 2 atom stereocenters. The summed E-state index contributed by atoms with van der Waals surface area (Å²) in [5.74, 6) is -1.19. The van der Waals surface area contributed by atoms with Crippen LogP contribution in [0.3, 0.4) is 0 Å². The molecule has 1 saturated heterocycles. The second-order valence-corrected chi connectivity index (χ2v) is 13.5. The zero-order valence-corrected chi connectivity index (χ0v) is 29.1. The van der Waals surface area contributed by atoms with Crippen molar-refractivity contribution in [1.29, 1.82) is 0 Å². The zero-order chi connectivity index (χ0) is 35.4. The maximum absolute atomic E-state index is 14.3. The highest BCUT2D eigenvalue weighted by molar-refractivity contribution is 6.31. The van der Waals surface area contributed by atoms with Crippen molar-refractivity contribution in [3.05, 3.63) is 166 Å². The first-order valence-corrected chi connectivity index (χ1v) is 17.7. The van der Waals surface area contributed by atoms with Crippen LogP contribution >= 0.6 is 11.6 Å². The summed E-state index contributed by atoms with van der Waals surface area (Å²) >= 11 is 6.86. The lowest BCUT2D eigenvalue weighted by molar-refractivity contribution is -0.156. The molecule has 5 aromatic rings. The first kappa shape index (κ1) is 34.1. The van der Waals surface area contributed by atoms with Crippen molar-refractivity contribution in [3.8, 4) is 11.1 Å². The molecule has 0 saturated carbocycles. The first-order chi connectivity index (χ1) is 24.8. The number of ether oxygens (including phenoxy) is 2. The van der Waals surface area contributed by atoms with Gasteiger partial charge in [0.15, 0.2) is 5.60 Å². The number of carbonyl (C=O) groups excluding carboxylic acids is 3. The Labute approximate surface area is 303 Å². The normalized spacial score (nSPS) is 15.3. The maximum Gasteiger partial charge on any atom is 0.407 e. The van der Waals surface area contributed by atoms with Gasteiger partial charge in [0.1, 0.15) is 12.6 Å². The maximum atomic E-state index is 14.3. The first-order valence-electron chi connectivity index (χ1n) is 17.3. The molecule has 0 radical (unpaired) electrons. The topological polar surface area (TPSA) is 84.9 Å². The smallest absolute Gasteiger partial charge is 0.407 e. The summed E-state index contributed by atoms with van der Waals surface area (Å²) in [5, 5.41) is 3.15. The Morgan fingerprint density at radius 1 is 0.765 bits per heavy atom. The minimum absolute atomic E-state index is 0.0754. The Balaban J connectivity index is 1.17. The van der Waals surface area contributed by atoms with Crippen LogP contribution in [-0.4, -0.2) is 48.6 Å². The van der Waals surface area contributed by atoms with E-state index < -0.39 is 30.1 Å². The van der Waals surface area contributed by atoms with E-state index in [1.54, 1.807) is 11.0 Å². The fourth-order valence-corrected chi connectivity index (χ4v) is 7.65. The van der Waals surface area contributed by atoms with Crippen LogP contribution in [0.1, 0.15) is 58.6 Å². The number of carbonyl (C=O) groups is 3. The van der Waals surface area contributed by atoms with E-state index in [4.69, 9.17) is 21.1 Å². The number of rotatable bonds is 10. The van der Waals surface area contributed by atoms with Crippen LogP contribution in [0.25, 0.3) is 11.1 Å². The van der Waals surface area contributed by atoms with Gasteiger partial charge in [0, 0.05) is 40.7 Å². The second kappa shape index (κ2) is 14.8. The van der Waals surface area contributed by atoms with Crippen molar-refractivity contribution in [2.24, 2.45) is 0 Å². The molecule has 51 heavy (non-hydrogen) atoms. The predicted molar refractivity (Wildman–Crippen MR) is 197 cm³/mol. The number of halogens is 1. The van der Waals surface area contributed by atoms with E-state index in [9.17, 15) is 14.4 Å². The average molecular weight is 699 g/mol. The van der Waals surface area contributed by atoms with Crippen LogP contribution in [0, 0.1) is 6.92 Å². The van der Waals surface area contributed by atoms with Crippen molar-refractivity contribution in [2.45, 2.75) is 43.7 Å². The number of benzene rings is 5. The third kappa shape index (κ3) is 6.86. The fraction of sp³-hybridized carbons (Fsp3) is 0.233. The lowest BCUT2D eigenvalue weighted by Crippen LogP contribution is -2.49. The molecule has 1 unspecified atom stereocenters. The quantitative estimate of drug-likeness (QED) is 0.117. The minimum Gasteiger partial charge on any atom is -0.449 e. The van der Waals surface area contributed by atoms with E-state index in [1.807, 2.05) is 116 Å². The zero-order valence-electron chi connectivity index (χ0n) is 28.4. The van der Waals surface area contributed by atoms with Gasteiger partial charge in [-0.1, -0.05) is 138 Å². The molecule has 1 aliphatic heterocycles. The molecule has 1 aliphatic carbocycles. The number of hydrogen-bond donors (Lipinski definition) is 1. The molecule has 0 bridgehead atoms. The van der Waals surface area contributed by atoms with E-state index in [0.717, 1.165) is 40.7 Å². The Kier molecular flexibility index (Phi) is 9.91. The van der Waals surface area contributed by atoms with Gasteiger partial charge in [-0.25, -0.2) is 4.79 Å². The Hall–Kier alpha value is -5.40. The van der Waals surface area contributed by atoms with Crippen molar-refractivity contribution in [3.63, 3.8) is 0 Å². The molecule has 0 aromatic heterocycles. The fourth-order valence-electron chi connectivity index (χ4n) is 7.38. The lowest BCUT2D eigenvalue weighted by Gasteiger charge is -2.36. The van der Waals surface area contributed by atoms with E-state index in [-0.39, 0.29) is 18.4 Å². The summed E-state index contributed by atoms with van der Waals surface area (Å²) in [6.07, 6.45) is 0.515. The van der Waals surface area contributed by atoms with E-state index in [2.05, 4.69) is 17.4 Å². The number of fused-ring (bicyclic) bond motifs is 3. The van der Waals surface area contributed by atoms with Crippen LogP contribution in [0.2, 0.25) is 5.02 Å². The molecule has 8 heteroatoms. The van der Waals surface area contributed by atoms with Gasteiger partial charge in [0.25, 0.3) is 0 Å². The molecule has 1 fully saturated rings. The van der Waals surface area contributed by atoms with Crippen LogP contribution in [-0.2, 0) is 24.7 Å². The van der Waals surface area contributed by atoms with Crippen molar-refractivity contribution >= 4 is 29.6 Å². The molecule has 2 aliphatic rings. The van der Waals surface area contributed by atoms with Crippen molar-refractivity contribution in [2.75, 3.05) is 19.7 Å². The predicted octanol–water partition coefficient (Wildman–Crippen LogP) is 8.40. The van der Waals surface area contributed by atoms with Crippen LogP contribution in [0.4, 0.5) is 4.79 Å². The molecule has 7 rings (SSSR count). The number of nitrogens with zero attached hydrogens (tertiary/aromatic N) is 1. The minimum atomic E-state index is -1.45.